The van der Waals surface area contributed by atoms with Crippen molar-refractivity contribution >= 4 is 11.9 Å². The molecule has 4 heterocycles. The molecule has 34 heavy (non-hydrogen) atoms. The van der Waals surface area contributed by atoms with Crippen LogP contribution in [-0.4, -0.2) is 59.9 Å². The Hall–Kier alpha value is -2.87. The average molecular weight is 469 g/mol. The number of hydrogen-bond acceptors (Lipinski definition) is 7. The number of fused-ring (bicyclic) bond motifs is 1. The number of carbonyl (C=O) groups excluding carboxylic acids is 1. The molecule has 184 valence electrons. The third-order valence-corrected chi connectivity index (χ3v) is 6.36. The van der Waals surface area contributed by atoms with Gasteiger partial charge in [-0.1, -0.05) is 0 Å². The number of aromatic nitrogens is 2. The van der Waals surface area contributed by atoms with E-state index >= 15 is 0 Å². The Morgan fingerprint density at radius 1 is 1.18 bits per heavy atom. The highest BCUT2D eigenvalue weighted by atomic mass is 16.6. The first-order valence-electron chi connectivity index (χ1n) is 12.2. The number of likely N-dealkylation sites (tertiary alicyclic amines) is 1. The van der Waals surface area contributed by atoms with Crippen LogP contribution in [0.5, 0.6) is 11.5 Å². The third kappa shape index (κ3) is 5.78. The van der Waals surface area contributed by atoms with E-state index in [4.69, 9.17) is 14.2 Å². The highest BCUT2D eigenvalue weighted by Crippen LogP contribution is 2.34. The molecule has 0 aliphatic carbocycles. The van der Waals surface area contributed by atoms with Gasteiger partial charge in [-0.2, -0.15) is 0 Å². The largest absolute Gasteiger partial charge is 0.493 e. The molecular formula is C26H36N4O4. The molecule has 0 spiro atoms. The first-order valence-corrected chi connectivity index (χ1v) is 12.2. The van der Waals surface area contributed by atoms with Crippen LogP contribution in [0.1, 0.15) is 56.6 Å². The van der Waals surface area contributed by atoms with Gasteiger partial charge in [0.2, 0.25) is 0 Å². The highest BCUT2D eigenvalue weighted by Gasteiger charge is 2.30. The molecular weight excluding hydrogens is 432 g/mol. The minimum Gasteiger partial charge on any atom is -0.493 e. The van der Waals surface area contributed by atoms with Crippen LogP contribution in [0.3, 0.4) is 0 Å². The zero-order chi connectivity index (χ0) is 24.2. The lowest BCUT2D eigenvalue weighted by molar-refractivity contribution is 0.100. The minimum atomic E-state index is -0.383. The van der Waals surface area contributed by atoms with Crippen molar-refractivity contribution in [3.63, 3.8) is 0 Å². The first-order chi connectivity index (χ1) is 16.3. The standard InChI is InChI=1S/C26H36N4O4/c1-17(2)34-26(31)30-9-10-32-24-13-22(14-27-25(24)30)20(5)29-8-6-7-21(15-29)16-33-23-11-18(3)28-19(4)12-23/h11-14,17,20-21H,6-10,15-16H2,1-5H3/t20?,21-/m1/s1. The molecule has 1 amide bonds. The van der Waals surface area contributed by atoms with E-state index in [9.17, 15) is 4.79 Å². The Bertz CT molecular complexity index is 992. The van der Waals surface area contributed by atoms with Gasteiger partial charge in [-0.15, -0.1) is 0 Å². The van der Waals surface area contributed by atoms with Gasteiger partial charge < -0.3 is 14.2 Å². The monoisotopic (exact) mass is 468 g/mol. The summed E-state index contributed by atoms with van der Waals surface area (Å²) in [5.74, 6) is 2.53. The Morgan fingerprint density at radius 2 is 1.94 bits per heavy atom. The van der Waals surface area contributed by atoms with Gasteiger partial charge in [0, 0.05) is 48.2 Å². The van der Waals surface area contributed by atoms with E-state index in [1.54, 1.807) is 4.90 Å². The first kappa shape index (κ1) is 24.3. The number of ether oxygens (including phenoxy) is 3. The van der Waals surface area contributed by atoms with Crippen molar-refractivity contribution in [2.45, 2.75) is 59.6 Å². The van der Waals surface area contributed by atoms with E-state index < -0.39 is 0 Å². The van der Waals surface area contributed by atoms with Crippen LogP contribution in [0, 0.1) is 19.8 Å². The fraction of sp³-hybridized carbons (Fsp3) is 0.577. The summed E-state index contributed by atoms with van der Waals surface area (Å²) in [6.45, 7) is 13.4. The zero-order valence-corrected chi connectivity index (χ0v) is 20.9. The van der Waals surface area contributed by atoms with Crippen LogP contribution in [0.15, 0.2) is 24.4 Å². The molecule has 0 radical (unpaired) electrons. The molecule has 0 N–H and O–H groups in total. The van der Waals surface area contributed by atoms with E-state index in [1.807, 2.05) is 52.1 Å². The van der Waals surface area contributed by atoms with Crippen LogP contribution in [-0.2, 0) is 4.74 Å². The normalized spacial score (nSPS) is 19.4. The van der Waals surface area contributed by atoms with Crippen LogP contribution < -0.4 is 14.4 Å². The second-order valence-corrected chi connectivity index (χ2v) is 9.60. The lowest BCUT2D eigenvalue weighted by atomic mass is 9.96. The van der Waals surface area contributed by atoms with Crippen molar-refractivity contribution in [1.29, 1.82) is 0 Å². The smallest absolute Gasteiger partial charge is 0.415 e. The summed E-state index contributed by atoms with van der Waals surface area (Å²) in [4.78, 5) is 25.5. The molecule has 0 bridgehead atoms. The van der Waals surface area contributed by atoms with Gasteiger partial charge in [0.15, 0.2) is 11.6 Å². The number of piperidine rings is 1. The molecule has 1 unspecified atom stereocenters. The van der Waals surface area contributed by atoms with Gasteiger partial charge in [0.05, 0.1) is 19.3 Å². The molecule has 2 aliphatic heterocycles. The van der Waals surface area contributed by atoms with Gasteiger partial charge in [-0.3, -0.25) is 14.8 Å². The van der Waals surface area contributed by atoms with E-state index in [0.717, 1.165) is 48.6 Å². The Labute approximate surface area is 202 Å². The Kier molecular flexibility index (Phi) is 7.56. The molecule has 1 saturated heterocycles. The third-order valence-electron chi connectivity index (χ3n) is 6.36. The predicted molar refractivity (Wildman–Crippen MR) is 131 cm³/mol. The maximum Gasteiger partial charge on any atom is 0.415 e. The average Bonchev–Trinajstić information content (AvgIpc) is 2.80. The number of nitrogens with zero attached hydrogens (tertiary/aromatic N) is 4. The van der Waals surface area contributed by atoms with Crippen LogP contribution in [0.2, 0.25) is 0 Å². The quantitative estimate of drug-likeness (QED) is 0.609. The maximum atomic E-state index is 12.5. The lowest BCUT2D eigenvalue weighted by Crippen LogP contribution is -2.40. The number of hydrogen-bond donors (Lipinski definition) is 0. The number of pyridine rings is 2. The molecule has 2 aromatic heterocycles. The summed E-state index contributed by atoms with van der Waals surface area (Å²) in [6, 6.07) is 6.20. The predicted octanol–water partition coefficient (Wildman–Crippen LogP) is 4.69. The lowest BCUT2D eigenvalue weighted by Gasteiger charge is -2.37. The summed E-state index contributed by atoms with van der Waals surface area (Å²) < 4.78 is 17.4. The molecule has 1 fully saturated rings. The van der Waals surface area contributed by atoms with Crippen LogP contribution >= 0.6 is 0 Å². The summed E-state index contributed by atoms with van der Waals surface area (Å²) in [7, 11) is 0. The summed E-state index contributed by atoms with van der Waals surface area (Å²) in [5, 5.41) is 0. The molecule has 8 nitrogen and oxygen atoms in total. The van der Waals surface area contributed by atoms with E-state index in [1.165, 1.54) is 0 Å². The van der Waals surface area contributed by atoms with Crippen molar-refractivity contribution in [1.82, 2.24) is 14.9 Å². The molecule has 0 saturated carbocycles. The van der Waals surface area contributed by atoms with Gasteiger partial charge in [0.25, 0.3) is 0 Å². The summed E-state index contributed by atoms with van der Waals surface area (Å²) >= 11 is 0. The van der Waals surface area contributed by atoms with E-state index in [2.05, 4.69) is 21.8 Å². The van der Waals surface area contributed by atoms with Crippen molar-refractivity contribution in [2.75, 3.05) is 37.7 Å². The summed E-state index contributed by atoms with van der Waals surface area (Å²) in [5.41, 5.74) is 3.04. The van der Waals surface area contributed by atoms with Crippen LogP contribution in [0.25, 0.3) is 0 Å². The number of carbonyl (C=O) groups is 1. The molecule has 2 aliphatic rings. The molecule has 4 rings (SSSR count). The number of aryl methyl sites for hydroxylation is 2. The Balaban J connectivity index is 1.40. The number of amides is 1. The molecule has 0 aromatic carbocycles. The second kappa shape index (κ2) is 10.6. The van der Waals surface area contributed by atoms with Gasteiger partial charge in [0.1, 0.15) is 12.4 Å². The van der Waals surface area contributed by atoms with E-state index in [0.29, 0.717) is 37.2 Å². The fourth-order valence-electron chi connectivity index (χ4n) is 4.68. The van der Waals surface area contributed by atoms with E-state index in [-0.39, 0.29) is 18.2 Å². The van der Waals surface area contributed by atoms with Gasteiger partial charge in [-0.05, 0) is 65.6 Å². The van der Waals surface area contributed by atoms with Crippen LogP contribution in [0.4, 0.5) is 10.6 Å². The topological polar surface area (TPSA) is 77.0 Å². The maximum absolute atomic E-state index is 12.5. The second-order valence-electron chi connectivity index (χ2n) is 9.60. The molecule has 8 heteroatoms. The Morgan fingerprint density at radius 3 is 2.68 bits per heavy atom. The number of rotatable bonds is 6. The van der Waals surface area contributed by atoms with Crippen molar-refractivity contribution in [3.05, 3.63) is 41.3 Å². The SMILES string of the molecule is Cc1cc(OC[C@@H]2CCCN(C(C)c3cnc4c(c3)OCCN4C(=O)OC(C)C)C2)cc(C)n1. The van der Waals surface area contributed by atoms with Crippen molar-refractivity contribution < 1.29 is 19.0 Å². The highest BCUT2D eigenvalue weighted by molar-refractivity contribution is 5.88. The number of anilines is 1. The van der Waals surface area contributed by atoms with Crippen molar-refractivity contribution in [3.8, 4) is 11.5 Å². The summed E-state index contributed by atoms with van der Waals surface area (Å²) in [6.07, 6.45) is 3.59. The molecule has 2 atom stereocenters. The van der Waals surface area contributed by atoms with Gasteiger partial charge in [-0.25, -0.2) is 9.78 Å². The van der Waals surface area contributed by atoms with Crippen molar-refractivity contribution in [2.24, 2.45) is 5.92 Å². The molecule has 2 aromatic rings. The fourth-order valence-corrected chi connectivity index (χ4v) is 4.68. The zero-order valence-electron chi connectivity index (χ0n) is 20.9. The van der Waals surface area contributed by atoms with Gasteiger partial charge >= 0.3 is 6.09 Å². The minimum absolute atomic E-state index is 0.180.